The van der Waals surface area contributed by atoms with Gasteiger partial charge in [0.15, 0.2) is 4.90 Å². The van der Waals surface area contributed by atoms with Crippen molar-refractivity contribution in [2.75, 3.05) is 6.54 Å². The summed E-state index contributed by atoms with van der Waals surface area (Å²) in [6.45, 7) is 0.768. The van der Waals surface area contributed by atoms with E-state index in [1.165, 1.54) is 24.3 Å². The topological polar surface area (TPSA) is 101 Å². The quantitative estimate of drug-likeness (QED) is 0.646. The van der Waals surface area contributed by atoms with Gasteiger partial charge >= 0.3 is 0 Å². The van der Waals surface area contributed by atoms with Gasteiger partial charge in [0.2, 0.25) is 10.0 Å². The molecule has 1 aromatic carbocycles. The maximum atomic E-state index is 12.5. The Morgan fingerprint density at radius 3 is 2.68 bits per heavy atom. The van der Waals surface area contributed by atoms with E-state index in [1.807, 2.05) is 0 Å². The van der Waals surface area contributed by atoms with Crippen LogP contribution in [0, 0.1) is 10.1 Å². The van der Waals surface area contributed by atoms with Gasteiger partial charge in [-0.3, -0.25) is 10.1 Å². The third-order valence-corrected chi connectivity index (χ3v) is 6.18. The van der Waals surface area contributed by atoms with Crippen molar-refractivity contribution < 1.29 is 13.3 Å². The second-order valence-corrected chi connectivity index (χ2v) is 7.78. The van der Waals surface area contributed by atoms with Crippen molar-refractivity contribution >= 4 is 15.7 Å². The summed E-state index contributed by atoms with van der Waals surface area (Å²) in [6, 6.07) is 5.28. The molecule has 120 valence electrons. The van der Waals surface area contributed by atoms with Crippen LogP contribution in [-0.2, 0) is 10.0 Å². The number of nitrogens with zero attached hydrogens (tertiary/aromatic N) is 1. The molecule has 1 unspecified atom stereocenters. The molecule has 2 aliphatic rings. The molecule has 8 heteroatoms. The molecular formula is C14H19N3O4S. The van der Waals surface area contributed by atoms with Crippen LogP contribution in [0.4, 0.5) is 5.69 Å². The molecule has 0 aromatic heterocycles. The second kappa shape index (κ2) is 5.60. The summed E-state index contributed by atoms with van der Waals surface area (Å²) < 4.78 is 27.7. The van der Waals surface area contributed by atoms with Gasteiger partial charge in [-0.25, -0.2) is 13.1 Å². The van der Waals surface area contributed by atoms with Crippen molar-refractivity contribution in [3.8, 4) is 0 Å². The number of sulfonamides is 1. The highest BCUT2D eigenvalue weighted by Crippen LogP contribution is 2.38. The summed E-state index contributed by atoms with van der Waals surface area (Å²) >= 11 is 0. The Morgan fingerprint density at radius 1 is 1.32 bits per heavy atom. The maximum Gasteiger partial charge on any atom is 0.289 e. The largest absolute Gasteiger partial charge is 0.311 e. The maximum absolute atomic E-state index is 12.5. The highest BCUT2D eigenvalue weighted by atomic mass is 32.2. The van der Waals surface area contributed by atoms with Crippen LogP contribution in [0.5, 0.6) is 0 Å². The van der Waals surface area contributed by atoms with Crippen LogP contribution in [0.1, 0.15) is 32.1 Å². The van der Waals surface area contributed by atoms with Gasteiger partial charge in [-0.2, -0.15) is 0 Å². The van der Waals surface area contributed by atoms with E-state index in [0.29, 0.717) is 6.42 Å². The predicted octanol–water partition coefficient (Wildman–Crippen LogP) is 1.55. The van der Waals surface area contributed by atoms with Gasteiger partial charge in [0.25, 0.3) is 5.69 Å². The Morgan fingerprint density at radius 2 is 2.05 bits per heavy atom. The smallest absolute Gasteiger partial charge is 0.289 e. The number of benzene rings is 1. The lowest BCUT2D eigenvalue weighted by Gasteiger charge is -2.48. The number of hydrogen-bond donors (Lipinski definition) is 2. The third-order valence-electron chi connectivity index (χ3n) is 4.61. The zero-order valence-corrected chi connectivity index (χ0v) is 12.9. The van der Waals surface area contributed by atoms with E-state index in [9.17, 15) is 18.5 Å². The van der Waals surface area contributed by atoms with Gasteiger partial charge in [-0.05, 0) is 44.7 Å². The monoisotopic (exact) mass is 325 g/mol. The average Bonchev–Trinajstić information content (AvgIpc) is 2.45. The Hall–Kier alpha value is -1.51. The van der Waals surface area contributed by atoms with Crippen LogP contribution >= 0.6 is 0 Å². The van der Waals surface area contributed by atoms with Crippen molar-refractivity contribution in [1.29, 1.82) is 0 Å². The van der Waals surface area contributed by atoms with E-state index in [-0.39, 0.29) is 22.2 Å². The summed E-state index contributed by atoms with van der Waals surface area (Å²) in [5.41, 5.74) is -0.323. The van der Waals surface area contributed by atoms with Crippen molar-refractivity contribution in [3.05, 3.63) is 34.4 Å². The van der Waals surface area contributed by atoms with Crippen LogP contribution in [0.3, 0.4) is 0 Å². The normalized spacial score (nSPS) is 23.9. The second-order valence-electron chi connectivity index (χ2n) is 6.10. The van der Waals surface area contributed by atoms with Crippen molar-refractivity contribution in [2.45, 2.75) is 48.6 Å². The van der Waals surface area contributed by atoms with Gasteiger partial charge in [0.05, 0.1) is 4.92 Å². The molecule has 1 aliphatic heterocycles. The molecule has 2 fully saturated rings. The predicted molar refractivity (Wildman–Crippen MR) is 81.0 cm³/mol. The molecule has 1 saturated carbocycles. The molecule has 1 spiro atoms. The lowest BCUT2D eigenvalue weighted by atomic mass is 9.70. The fourth-order valence-electron chi connectivity index (χ4n) is 3.36. The fourth-order valence-corrected chi connectivity index (χ4v) is 4.80. The molecular weight excluding hydrogens is 306 g/mol. The molecule has 0 bridgehead atoms. The average molecular weight is 325 g/mol. The van der Waals surface area contributed by atoms with Crippen LogP contribution in [0.2, 0.25) is 0 Å². The highest BCUT2D eigenvalue weighted by Gasteiger charge is 2.42. The number of rotatable bonds is 4. The molecule has 7 nitrogen and oxygen atoms in total. The first-order chi connectivity index (χ1) is 10.4. The van der Waals surface area contributed by atoms with Gasteiger partial charge in [0, 0.05) is 17.6 Å². The zero-order valence-electron chi connectivity index (χ0n) is 12.1. The molecule has 1 aliphatic carbocycles. The minimum Gasteiger partial charge on any atom is -0.311 e. The first-order valence-corrected chi connectivity index (χ1v) is 8.91. The van der Waals surface area contributed by atoms with Crippen LogP contribution in [0.25, 0.3) is 0 Å². The summed E-state index contributed by atoms with van der Waals surface area (Å²) in [5, 5.41) is 14.5. The molecule has 3 rings (SSSR count). The lowest BCUT2D eigenvalue weighted by molar-refractivity contribution is -0.387. The van der Waals surface area contributed by atoms with E-state index in [0.717, 1.165) is 32.2 Å². The molecule has 22 heavy (non-hydrogen) atoms. The van der Waals surface area contributed by atoms with E-state index in [1.54, 1.807) is 0 Å². The first-order valence-electron chi connectivity index (χ1n) is 7.43. The van der Waals surface area contributed by atoms with Gasteiger partial charge in [-0.15, -0.1) is 0 Å². The highest BCUT2D eigenvalue weighted by molar-refractivity contribution is 7.89. The Kier molecular flexibility index (Phi) is 3.92. The number of nitro groups is 1. The minimum atomic E-state index is -3.89. The third kappa shape index (κ3) is 2.86. The standard InChI is InChI=1S/C14H19N3O4S/c18-17(19)12-4-1-2-5-13(12)22(20,21)16-11-6-9-15-14(10-11)7-3-8-14/h1-2,4-5,11,15-16H,3,6-10H2. The van der Waals surface area contributed by atoms with Crippen molar-refractivity contribution in [1.82, 2.24) is 10.0 Å². The van der Waals surface area contributed by atoms with Crippen LogP contribution < -0.4 is 10.0 Å². The minimum absolute atomic E-state index is 0.0635. The van der Waals surface area contributed by atoms with Crippen LogP contribution in [-0.4, -0.2) is 31.5 Å². The zero-order chi connectivity index (χ0) is 15.8. The summed E-state index contributed by atoms with van der Waals surface area (Å²) in [4.78, 5) is 10.1. The number of nitrogens with one attached hydrogen (secondary N) is 2. The van der Waals surface area contributed by atoms with Crippen LogP contribution in [0.15, 0.2) is 29.2 Å². The van der Waals surface area contributed by atoms with E-state index in [4.69, 9.17) is 0 Å². The summed E-state index contributed by atoms with van der Waals surface area (Å²) in [5.74, 6) is 0. The Balaban J connectivity index is 1.80. The molecule has 1 atom stereocenters. The molecule has 2 N–H and O–H groups in total. The van der Waals surface area contributed by atoms with Gasteiger partial charge < -0.3 is 5.32 Å². The van der Waals surface area contributed by atoms with Crippen molar-refractivity contribution in [2.24, 2.45) is 0 Å². The van der Waals surface area contributed by atoms with Crippen molar-refractivity contribution in [3.63, 3.8) is 0 Å². The molecule has 1 aromatic rings. The lowest BCUT2D eigenvalue weighted by Crippen LogP contribution is -2.59. The molecule has 0 amide bonds. The fraction of sp³-hybridized carbons (Fsp3) is 0.571. The van der Waals surface area contributed by atoms with E-state index < -0.39 is 14.9 Å². The van der Waals surface area contributed by atoms with E-state index >= 15 is 0 Å². The van der Waals surface area contributed by atoms with Gasteiger partial charge in [-0.1, -0.05) is 12.1 Å². The number of nitro benzene ring substituents is 1. The summed E-state index contributed by atoms with van der Waals surface area (Å²) in [7, 11) is -3.89. The SMILES string of the molecule is O=[N+]([O-])c1ccccc1S(=O)(=O)NC1CCNC2(CCC2)C1. The number of piperidine rings is 1. The Labute approximate surface area is 129 Å². The molecule has 0 radical (unpaired) electrons. The first kappa shape index (κ1) is 15.4. The Bertz CT molecular complexity index is 685. The number of hydrogen-bond acceptors (Lipinski definition) is 5. The summed E-state index contributed by atoms with van der Waals surface area (Å²) in [6.07, 6.45) is 4.73. The molecule has 1 heterocycles. The number of para-hydroxylation sites is 1. The molecule has 1 saturated heterocycles. The van der Waals surface area contributed by atoms with Gasteiger partial charge in [0.1, 0.15) is 0 Å². The van der Waals surface area contributed by atoms with E-state index in [2.05, 4.69) is 10.0 Å².